The van der Waals surface area contributed by atoms with E-state index in [1.165, 1.54) is 0 Å². The van der Waals surface area contributed by atoms with E-state index >= 15 is 0 Å². The van der Waals surface area contributed by atoms with Crippen molar-refractivity contribution >= 4 is 22.4 Å². The molecule has 0 aliphatic carbocycles. The predicted molar refractivity (Wildman–Crippen MR) is 51.1 cm³/mol. The van der Waals surface area contributed by atoms with Crippen LogP contribution in [0.3, 0.4) is 0 Å². The molecule has 0 bridgehead atoms. The third-order valence-electron chi connectivity index (χ3n) is 1.75. The molecule has 66 valence electrons. The Hall–Kier alpha value is -1.35. The van der Waals surface area contributed by atoms with Crippen LogP contribution in [-0.4, -0.2) is 17.1 Å². The van der Waals surface area contributed by atoms with Crippen LogP contribution < -0.4 is 4.74 Å². The van der Waals surface area contributed by atoms with Crippen molar-refractivity contribution in [3.63, 3.8) is 0 Å². The highest BCUT2D eigenvalue weighted by molar-refractivity contribution is 6.30. The number of hydrogen-bond acceptors (Lipinski definition) is 3. The Balaban J connectivity index is 2.66. The molecule has 2 aromatic rings. The van der Waals surface area contributed by atoms with Gasteiger partial charge in [-0.05, 0) is 6.07 Å². The molecule has 0 aliphatic heterocycles. The van der Waals surface area contributed by atoms with Crippen LogP contribution in [0.4, 0.5) is 0 Å². The molecule has 0 N–H and O–H groups in total. The highest BCUT2D eigenvalue weighted by Crippen LogP contribution is 2.19. The number of rotatable bonds is 1. The normalized spacial score (nSPS) is 10.3. The van der Waals surface area contributed by atoms with Crippen LogP contribution in [0.25, 0.3) is 10.8 Å². The number of aromatic nitrogens is 2. The van der Waals surface area contributed by atoms with Gasteiger partial charge in [-0.3, -0.25) is 0 Å². The lowest BCUT2D eigenvalue weighted by Gasteiger charge is -2.00. The second-order valence-electron chi connectivity index (χ2n) is 2.58. The fourth-order valence-corrected chi connectivity index (χ4v) is 1.27. The van der Waals surface area contributed by atoms with Gasteiger partial charge in [-0.25, -0.2) is 9.97 Å². The summed E-state index contributed by atoms with van der Waals surface area (Å²) in [5, 5.41) is 2.40. The molecule has 2 rings (SSSR count). The van der Waals surface area contributed by atoms with E-state index in [0.717, 1.165) is 10.8 Å². The monoisotopic (exact) mass is 194 g/mol. The number of ether oxygens (including phenoxy) is 1. The van der Waals surface area contributed by atoms with E-state index < -0.39 is 0 Å². The quantitative estimate of drug-likeness (QED) is 0.654. The first kappa shape index (κ1) is 8.26. The fourth-order valence-electron chi connectivity index (χ4n) is 1.10. The first-order valence-corrected chi connectivity index (χ1v) is 4.12. The highest BCUT2D eigenvalue weighted by Gasteiger charge is 1.98. The zero-order chi connectivity index (χ0) is 9.26. The molecule has 0 aliphatic rings. The molecule has 0 unspecified atom stereocenters. The lowest BCUT2D eigenvalue weighted by Crippen LogP contribution is -1.87. The van der Waals surface area contributed by atoms with E-state index in [2.05, 4.69) is 9.97 Å². The summed E-state index contributed by atoms with van der Waals surface area (Å²) in [5.41, 5.74) is 0. The topological polar surface area (TPSA) is 35.0 Å². The first-order valence-electron chi connectivity index (χ1n) is 3.75. The van der Waals surface area contributed by atoms with Gasteiger partial charge in [0.25, 0.3) is 0 Å². The van der Waals surface area contributed by atoms with Crippen LogP contribution in [0.1, 0.15) is 0 Å². The van der Waals surface area contributed by atoms with Gasteiger partial charge in [-0.2, -0.15) is 0 Å². The number of halogens is 1. The Morgan fingerprint density at radius 3 is 2.62 bits per heavy atom. The van der Waals surface area contributed by atoms with Gasteiger partial charge in [0.2, 0.25) is 5.88 Å². The maximum atomic E-state index is 5.72. The average molecular weight is 195 g/mol. The minimum absolute atomic E-state index is 0.472. The summed E-state index contributed by atoms with van der Waals surface area (Å²) < 4.78 is 4.98. The first-order chi connectivity index (χ1) is 6.29. The van der Waals surface area contributed by atoms with E-state index in [4.69, 9.17) is 16.3 Å². The average Bonchev–Trinajstić information content (AvgIpc) is 2.17. The van der Waals surface area contributed by atoms with E-state index in [-0.39, 0.29) is 0 Å². The second kappa shape index (κ2) is 3.18. The summed E-state index contributed by atoms with van der Waals surface area (Å²) >= 11 is 5.72. The molecular weight excluding hydrogens is 188 g/mol. The molecule has 4 heteroatoms. The molecule has 0 atom stereocenters. The van der Waals surface area contributed by atoms with Gasteiger partial charge in [0.1, 0.15) is 5.15 Å². The van der Waals surface area contributed by atoms with E-state index in [0.29, 0.717) is 11.0 Å². The van der Waals surface area contributed by atoms with Crippen LogP contribution in [0.15, 0.2) is 24.5 Å². The number of pyridine rings is 2. The molecule has 13 heavy (non-hydrogen) atoms. The Morgan fingerprint density at radius 2 is 1.85 bits per heavy atom. The van der Waals surface area contributed by atoms with E-state index in [1.54, 1.807) is 25.6 Å². The Kier molecular flexibility index (Phi) is 2.02. The Morgan fingerprint density at radius 1 is 1.15 bits per heavy atom. The van der Waals surface area contributed by atoms with Gasteiger partial charge in [0.15, 0.2) is 0 Å². The summed E-state index contributed by atoms with van der Waals surface area (Å²) in [4.78, 5) is 8.02. The van der Waals surface area contributed by atoms with Crippen LogP contribution >= 0.6 is 11.6 Å². The largest absolute Gasteiger partial charge is 0.481 e. The third-order valence-corrected chi connectivity index (χ3v) is 1.96. The summed E-state index contributed by atoms with van der Waals surface area (Å²) in [6.45, 7) is 0. The Labute approximate surface area is 80.3 Å². The fraction of sp³-hybridized carbons (Fsp3) is 0.111. The van der Waals surface area contributed by atoms with Gasteiger partial charge in [-0.1, -0.05) is 11.6 Å². The van der Waals surface area contributed by atoms with Crippen molar-refractivity contribution in [3.05, 3.63) is 29.7 Å². The number of nitrogens with zero attached hydrogens (tertiary/aromatic N) is 2. The number of hydrogen-bond donors (Lipinski definition) is 0. The number of fused-ring (bicyclic) bond motifs is 1. The molecule has 0 radical (unpaired) electrons. The van der Waals surface area contributed by atoms with Gasteiger partial charge < -0.3 is 4.74 Å². The highest BCUT2D eigenvalue weighted by atomic mass is 35.5. The summed E-state index contributed by atoms with van der Waals surface area (Å²) in [6.07, 6.45) is 3.41. The van der Waals surface area contributed by atoms with Gasteiger partial charge in [0, 0.05) is 29.2 Å². The van der Waals surface area contributed by atoms with Crippen LogP contribution in [0, 0.1) is 0 Å². The molecule has 0 saturated carbocycles. The molecule has 0 fully saturated rings. The lowest BCUT2D eigenvalue weighted by atomic mass is 10.2. The van der Waals surface area contributed by atoms with Crippen LogP contribution in [0.2, 0.25) is 5.15 Å². The molecule has 3 nitrogen and oxygen atoms in total. The van der Waals surface area contributed by atoms with Gasteiger partial charge in [-0.15, -0.1) is 0 Å². The molecule has 0 amide bonds. The zero-order valence-electron chi connectivity index (χ0n) is 6.99. The van der Waals surface area contributed by atoms with E-state index in [1.807, 2.05) is 6.07 Å². The molecule has 0 spiro atoms. The van der Waals surface area contributed by atoms with Crippen molar-refractivity contribution in [2.75, 3.05) is 7.11 Å². The van der Waals surface area contributed by atoms with Crippen molar-refractivity contribution in [2.24, 2.45) is 0 Å². The Bertz CT molecular complexity index is 445. The van der Waals surface area contributed by atoms with Gasteiger partial charge >= 0.3 is 0 Å². The zero-order valence-corrected chi connectivity index (χ0v) is 7.75. The molecule has 0 aromatic carbocycles. The molecular formula is C9H7ClN2O. The standard InChI is InChI=1S/C9H7ClN2O/c1-13-9-3-7-4-11-8(10)2-6(7)5-12-9/h2-5H,1H3. The maximum absolute atomic E-state index is 5.72. The number of methoxy groups -OCH3 is 1. The smallest absolute Gasteiger partial charge is 0.213 e. The summed E-state index contributed by atoms with van der Waals surface area (Å²) in [7, 11) is 1.58. The van der Waals surface area contributed by atoms with E-state index in [9.17, 15) is 0 Å². The van der Waals surface area contributed by atoms with Crippen molar-refractivity contribution in [3.8, 4) is 5.88 Å². The predicted octanol–water partition coefficient (Wildman–Crippen LogP) is 2.29. The second-order valence-corrected chi connectivity index (χ2v) is 2.97. The van der Waals surface area contributed by atoms with Crippen LogP contribution in [-0.2, 0) is 0 Å². The van der Waals surface area contributed by atoms with Crippen molar-refractivity contribution in [1.82, 2.24) is 9.97 Å². The maximum Gasteiger partial charge on any atom is 0.213 e. The SMILES string of the molecule is COc1cc2cnc(Cl)cc2cn1. The lowest BCUT2D eigenvalue weighted by molar-refractivity contribution is 0.399. The minimum atomic E-state index is 0.472. The molecule has 2 heterocycles. The molecule has 0 saturated heterocycles. The van der Waals surface area contributed by atoms with Crippen LogP contribution in [0.5, 0.6) is 5.88 Å². The minimum Gasteiger partial charge on any atom is -0.481 e. The van der Waals surface area contributed by atoms with Crippen molar-refractivity contribution < 1.29 is 4.74 Å². The van der Waals surface area contributed by atoms with Crippen molar-refractivity contribution in [2.45, 2.75) is 0 Å². The third kappa shape index (κ3) is 1.55. The van der Waals surface area contributed by atoms with Crippen molar-refractivity contribution in [1.29, 1.82) is 0 Å². The summed E-state index contributed by atoms with van der Waals surface area (Å²) in [6, 6.07) is 3.59. The summed E-state index contributed by atoms with van der Waals surface area (Å²) in [5.74, 6) is 0.580. The molecule has 2 aromatic heterocycles. The van der Waals surface area contributed by atoms with Gasteiger partial charge in [0.05, 0.1) is 7.11 Å².